The van der Waals surface area contributed by atoms with E-state index in [0.717, 1.165) is 55.7 Å². The molecular formula is C32H40F3N3O3. The van der Waals surface area contributed by atoms with E-state index in [-0.39, 0.29) is 18.6 Å². The Morgan fingerprint density at radius 3 is 2.22 bits per heavy atom. The van der Waals surface area contributed by atoms with E-state index in [1.165, 1.54) is 12.1 Å². The molecule has 0 radical (unpaired) electrons. The maximum Gasteiger partial charge on any atom is 0.416 e. The molecule has 3 aromatic carbocycles. The van der Waals surface area contributed by atoms with Crippen LogP contribution in [0.25, 0.3) is 0 Å². The fraction of sp³-hybridized carbons (Fsp3) is 0.406. The van der Waals surface area contributed by atoms with Gasteiger partial charge in [-0.1, -0.05) is 50.2 Å². The molecule has 1 unspecified atom stereocenters. The van der Waals surface area contributed by atoms with Crippen LogP contribution in [0.3, 0.4) is 0 Å². The van der Waals surface area contributed by atoms with E-state index in [4.69, 9.17) is 9.47 Å². The molecular weight excluding hydrogens is 531 g/mol. The highest BCUT2D eigenvalue weighted by Gasteiger charge is 2.30. The maximum atomic E-state index is 13.5. The summed E-state index contributed by atoms with van der Waals surface area (Å²) in [5.41, 5.74) is 1.38. The monoisotopic (exact) mass is 571 g/mol. The number of methoxy groups -OCH3 is 1. The van der Waals surface area contributed by atoms with Crippen LogP contribution in [0.15, 0.2) is 72.8 Å². The van der Waals surface area contributed by atoms with Crippen molar-refractivity contribution < 1.29 is 27.4 Å². The van der Waals surface area contributed by atoms with Gasteiger partial charge in [0.1, 0.15) is 6.61 Å². The summed E-state index contributed by atoms with van der Waals surface area (Å²) in [6, 6.07) is 19.3. The van der Waals surface area contributed by atoms with E-state index in [1.54, 1.807) is 12.0 Å². The topological polar surface area (TPSA) is 54.0 Å². The molecule has 0 heterocycles. The summed E-state index contributed by atoms with van der Waals surface area (Å²) in [6.07, 6.45) is -2.77. The van der Waals surface area contributed by atoms with Crippen LogP contribution in [-0.4, -0.2) is 48.6 Å². The van der Waals surface area contributed by atoms with Crippen molar-refractivity contribution in [3.8, 4) is 11.5 Å². The first kappa shape index (κ1) is 31.8. The highest BCUT2D eigenvalue weighted by atomic mass is 19.4. The predicted molar refractivity (Wildman–Crippen MR) is 156 cm³/mol. The van der Waals surface area contributed by atoms with Gasteiger partial charge in [0.15, 0.2) is 11.5 Å². The average molecular weight is 572 g/mol. The number of alkyl halides is 3. The van der Waals surface area contributed by atoms with E-state index in [1.807, 2.05) is 55.5 Å². The van der Waals surface area contributed by atoms with Gasteiger partial charge in [0.2, 0.25) is 0 Å². The molecule has 0 bridgehead atoms. The second-order valence-corrected chi connectivity index (χ2v) is 9.91. The number of benzene rings is 3. The standard InChI is InChI=1S/C32H40F3N3O3/c1-5-37(6-2)20-10-11-24(3)38(31(39)36-28-17-15-27(16-18-28)32(33,34)35)22-26-14-19-29(40-4)30(21-26)41-23-25-12-8-7-9-13-25/h7-9,12-19,21,24H,5-6,10-11,20,22-23H2,1-4H3,(H,36,39). The lowest BCUT2D eigenvalue weighted by atomic mass is 10.1. The van der Waals surface area contributed by atoms with Gasteiger partial charge in [-0.25, -0.2) is 4.79 Å². The number of anilines is 1. The molecule has 0 aliphatic heterocycles. The summed E-state index contributed by atoms with van der Waals surface area (Å²) in [4.78, 5) is 17.5. The fourth-order valence-electron chi connectivity index (χ4n) is 4.54. The van der Waals surface area contributed by atoms with E-state index in [2.05, 4.69) is 24.1 Å². The molecule has 1 N–H and O–H groups in total. The molecule has 6 nitrogen and oxygen atoms in total. The molecule has 0 saturated carbocycles. The Labute approximate surface area is 241 Å². The zero-order chi connectivity index (χ0) is 29.8. The lowest BCUT2D eigenvalue weighted by molar-refractivity contribution is -0.137. The first-order valence-corrected chi connectivity index (χ1v) is 13.9. The van der Waals surface area contributed by atoms with Crippen molar-refractivity contribution in [2.75, 3.05) is 32.1 Å². The van der Waals surface area contributed by atoms with Crippen LogP contribution < -0.4 is 14.8 Å². The maximum absolute atomic E-state index is 13.5. The largest absolute Gasteiger partial charge is 0.493 e. The van der Waals surface area contributed by atoms with Crippen LogP contribution in [0.4, 0.5) is 23.7 Å². The molecule has 0 fully saturated rings. The van der Waals surface area contributed by atoms with E-state index < -0.39 is 11.7 Å². The van der Waals surface area contributed by atoms with Crippen molar-refractivity contribution in [1.82, 2.24) is 9.80 Å². The average Bonchev–Trinajstić information content (AvgIpc) is 2.97. The number of amides is 2. The van der Waals surface area contributed by atoms with Gasteiger partial charge in [-0.2, -0.15) is 13.2 Å². The second-order valence-electron chi connectivity index (χ2n) is 9.91. The summed E-state index contributed by atoms with van der Waals surface area (Å²) < 4.78 is 50.6. The Bertz CT molecular complexity index is 1220. The van der Waals surface area contributed by atoms with Gasteiger partial charge in [-0.15, -0.1) is 0 Å². The SMILES string of the molecule is CCN(CC)CCCC(C)N(Cc1ccc(OC)c(OCc2ccccc2)c1)C(=O)Nc1ccc(C(F)(F)F)cc1. The third-order valence-electron chi connectivity index (χ3n) is 7.07. The van der Waals surface area contributed by atoms with Gasteiger partial charge in [-0.3, -0.25) is 0 Å². The smallest absolute Gasteiger partial charge is 0.416 e. The van der Waals surface area contributed by atoms with Crippen LogP contribution >= 0.6 is 0 Å². The molecule has 0 spiro atoms. The third kappa shape index (κ3) is 9.70. The quantitative estimate of drug-likeness (QED) is 0.214. The molecule has 0 saturated heterocycles. The van der Waals surface area contributed by atoms with Crippen LogP contribution in [0.1, 0.15) is 50.3 Å². The molecule has 0 aromatic heterocycles. The minimum atomic E-state index is -4.44. The second kappa shape index (κ2) is 15.3. The van der Waals surface area contributed by atoms with Crippen LogP contribution in [0.2, 0.25) is 0 Å². The number of halogens is 3. The van der Waals surface area contributed by atoms with Crippen molar-refractivity contribution in [2.24, 2.45) is 0 Å². The van der Waals surface area contributed by atoms with Crippen molar-refractivity contribution in [3.05, 3.63) is 89.5 Å². The third-order valence-corrected chi connectivity index (χ3v) is 7.07. The molecule has 222 valence electrons. The summed E-state index contributed by atoms with van der Waals surface area (Å²) in [6.45, 7) is 9.72. The number of hydrogen-bond donors (Lipinski definition) is 1. The van der Waals surface area contributed by atoms with Gasteiger partial charge in [0, 0.05) is 18.3 Å². The molecule has 9 heteroatoms. The van der Waals surface area contributed by atoms with Gasteiger partial charge in [0.25, 0.3) is 0 Å². The van der Waals surface area contributed by atoms with Crippen molar-refractivity contribution >= 4 is 11.7 Å². The number of nitrogens with zero attached hydrogens (tertiary/aromatic N) is 2. The molecule has 0 aliphatic rings. The van der Waals surface area contributed by atoms with E-state index >= 15 is 0 Å². The Morgan fingerprint density at radius 2 is 1.61 bits per heavy atom. The first-order valence-electron chi connectivity index (χ1n) is 13.9. The van der Waals surface area contributed by atoms with Crippen LogP contribution in [0.5, 0.6) is 11.5 Å². The zero-order valence-corrected chi connectivity index (χ0v) is 24.2. The summed E-state index contributed by atoms with van der Waals surface area (Å²) in [7, 11) is 1.58. The van der Waals surface area contributed by atoms with Gasteiger partial charge >= 0.3 is 12.2 Å². The molecule has 0 aliphatic carbocycles. The predicted octanol–water partition coefficient (Wildman–Crippen LogP) is 7.84. The Morgan fingerprint density at radius 1 is 0.927 bits per heavy atom. The Hall–Kier alpha value is -3.72. The van der Waals surface area contributed by atoms with Crippen LogP contribution in [-0.2, 0) is 19.3 Å². The lowest BCUT2D eigenvalue weighted by Gasteiger charge is -2.30. The summed E-state index contributed by atoms with van der Waals surface area (Å²) in [5.74, 6) is 1.14. The minimum absolute atomic E-state index is 0.129. The number of carbonyl (C=O) groups excluding carboxylic acids is 1. The minimum Gasteiger partial charge on any atom is -0.493 e. The van der Waals surface area contributed by atoms with Gasteiger partial charge in [0.05, 0.1) is 12.7 Å². The number of hydrogen-bond acceptors (Lipinski definition) is 4. The molecule has 41 heavy (non-hydrogen) atoms. The molecule has 3 aromatic rings. The Balaban J connectivity index is 1.79. The van der Waals surface area contributed by atoms with Crippen molar-refractivity contribution in [2.45, 2.75) is 59.0 Å². The zero-order valence-electron chi connectivity index (χ0n) is 24.2. The number of urea groups is 1. The summed E-state index contributed by atoms with van der Waals surface area (Å²) in [5, 5.41) is 2.78. The highest BCUT2D eigenvalue weighted by molar-refractivity contribution is 5.89. The lowest BCUT2D eigenvalue weighted by Crippen LogP contribution is -2.41. The molecule has 2 amide bonds. The number of rotatable bonds is 14. The normalized spacial score (nSPS) is 12.2. The molecule has 3 rings (SSSR count). The van der Waals surface area contributed by atoms with E-state index in [0.29, 0.717) is 23.8 Å². The summed E-state index contributed by atoms with van der Waals surface area (Å²) >= 11 is 0. The highest BCUT2D eigenvalue weighted by Crippen LogP contribution is 2.31. The fourth-order valence-corrected chi connectivity index (χ4v) is 4.54. The number of carbonyl (C=O) groups is 1. The van der Waals surface area contributed by atoms with Gasteiger partial charge < -0.3 is 24.6 Å². The van der Waals surface area contributed by atoms with Crippen LogP contribution in [0, 0.1) is 0 Å². The van der Waals surface area contributed by atoms with E-state index in [9.17, 15) is 18.0 Å². The molecule has 1 atom stereocenters. The van der Waals surface area contributed by atoms with Gasteiger partial charge in [-0.05, 0) is 86.9 Å². The first-order chi connectivity index (χ1) is 19.6. The van der Waals surface area contributed by atoms with Crippen molar-refractivity contribution in [3.63, 3.8) is 0 Å². The number of ether oxygens (including phenoxy) is 2. The van der Waals surface area contributed by atoms with Crippen molar-refractivity contribution in [1.29, 1.82) is 0 Å². The number of nitrogens with one attached hydrogen (secondary N) is 1. The Kier molecular flexibility index (Phi) is 11.9.